The summed E-state index contributed by atoms with van der Waals surface area (Å²) in [5.74, 6) is 0.207. The van der Waals surface area contributed by atoms with Crippen LogP contribution in [0.4, 0.5) is 0 Å². The molecule has 1 aromatic heterocycles. The van der Waals surface area contributed by atoms with Crippen molar-refractivity contribution in [1.29, 1.82) is 0 Å². The van der Waals surface area contributed by atoms with Crippen LogP contribution in [0.1, 0.15) is 18.4 Å². The number of nitrogens with one attached hydrogen (secondary N) is 2. The van der Waals surface area contributed by atoms with Crippen molar-refractivity contribution in [2.75, 3.05) is 19.3 Å². The van der Waals surface area contributed by atoms with Crippen LogP contribution in [0.2, 0.25) is 0 Å². The van der Waals surface area contributed by atoms with Crippen molar-refractivity contribution in [3.8, 4) is 0 Å². The Bertz CT molecular complexity index is 374. The summed E-state index contributed by atoms with van der Waals surface area (Å²) in [4.78, 5) is 0. The van der Waals surface area contributed by atoms with Crippen LogP contribution in [-0.4, -0.2) is 27.8 Å². The SMILES string of the molecule is CNCCCCS(=O)(=O)NCc1ccsc1. The molecule has 0 aliphatic rings. The summed E-state index contributed by atoms with van der Waals surface area (Å²) in [5.41, 5.74) is 1.02. The van der Waals surface area contributed by atoms with E-state index in [-0.39, 0.29) is 5.75 Å². The van der Waals surface area contributed by atoms with Gasteiger partial charge in [-0.15, -0.1) is 0 Å². The average molecular weight is 262 g/mol. The van der Waals surface area contributed by atoms with Crippen LogP contribution in [0.5, 0.6) is 0 Å². The van der Waals surface area contributed by atoms with E-state index in [9.17, 15) is 8.42 Å². The monoisotopic (exact) mass is 262 g/mol. The molecule has 0 bridgehead atoms. The molecule has 92 valence electrons. The van der Waals surface area contributed by atoms with Crippen molar-refractivity contribution < 1.29 is 8.42 Å². The summed E-state index contributed by atoms with van der Waals surface area (Å²) in [7, 11) is -1.25. The van der Waals surface area contributed by atoms with Crippen molar-refractivity contribution in [2.45, 2.75) is 19.4 Å². The highest BCUT2D eigenvalue weighted by Gasteiger charge is 2.09. The maximum Gasteiger partial charge on any atom is 0.211 e. The van der Waals surface area contributed by atoms with Crippen LogP contribution in [0.25, 0.3) is 0 Å². The fourth-order valence-electron chi connectivity index (χ4n) is 1.25. The fourth-order valence-corrected chi connectivity index (χ4v) is 3.04. The maximum absolute atomic E-state index is 11.6. The van der Waals surface area contributed by atoms with Crippen LogP contribution >= 0.6 is 11.3 Å². The molecule has 0 unspecified atom stereocenters. The minimum Gasteiger partial charge on any atom is -0.320 e. The molecular weight excluding hydrogens is 244 g/mol. The zero-order chi connectivity index (χ0) is 11.9. The molecule has 1 rings (SSSR count). The molecule has 16 heavy (non-hydrogen) atoms. The van der Waals surface area contributed by atoms with E-state index in [2.05, 4.69) is 10.0 Å². The molecule has 0 atom stereocenters. The minimum atomic E-state index is -3.11. The number of hydrogen-bond acceptors (Lipinski definition) is 4. The van der Waals surface area contributed by atoms with Gasteiger partial charge in [-0.25, -0.2) is 13.1 Å². The minimum absolute atomic E-state index is 0.207. The van der Waals surface area contributed by atoms with Gasteiger partial charge in [0.1, 0.15) is 0 Å². The molecule has 0 saturated carbocycles. The Kier molecular flexibility index (Phi) is 5.97. The largest absolute Gasteiger partial charge is 0.320 e. The molecule has 0 aromatic carbocycles. The van der Waals surface area contributed by atoms with E-state index in [1.54, 1.807) is 11.3 Å². The van der Waals surface area contributed by atoms with Crippen molar-refractivity contribution in [3.63, 3.8) is 0 Å². The van der Waals surface area contributed by atoms with Crippen LogP contribution in [-0.2, 0) is 16.6 Å². The van der Waals surface area contributed by atoms with Gasteiger partial charge in [0.2, 0.25) is 10.0 Å². The van der Waals surface area contributed by atoms with E-state index < -0.39 is 10.0 Å². The summed E-state index contributed by atoms with van der Waals surface area (Å²) in [6, 6.07) is 1.92. The van der Waals surface area contributed by atoms with Gasteiger partial charge in [0.25, 0.3) is 0 Å². The second-order valence-electron chi connectivity index (χ2n) is 3.58. The molecule has 6 heteroatoms. The van der Waals surface area contributed by atoms with Gasteiger partial charge in [-0.3, -0.25) is 0 Å². The van der Waals surface area contributed by atoms with Crippen molar-refractivity contribution >= 4 is 21.4 Å². The predicted molar refractivity (Wildman–Crippen MR) is 68.1 cm³/mol. The quantitative estimate of drug-likeness (QED) is 0.691. The van der Waals surface area contributed by atoms with Crippen LogP contribution in [0, 0.1) is 0 Å². The molecule has 0 fully saturated rings. The third-order valence-electron chi connectivity index (χ3n) is 2.17. The van der Waals surface area contributed by atoms with Gasteiger partial charge in [-0.05, 0) is 48.8 Å². The van der Waals surface area contributed by atoms with Gasteiger partial charge in [0.05, 0.1) is 5.75 Å². The van der Waals surface area contributed by atoms with E-state index in [4.69, 9.17) is 0 Å². The summed E-state index contributed by atoms with van der Waals surface area (Å²) in [5, 5.41) is 6.88. The van der Waals surface area contributed by atoms with E-state index in [0.29, 0.717) is 13.0 Å². The van der Waals surface area contributed by atoms with Crippen LogP contribution in [0.3, 0.4) is 0 Å². The Morgan fingerprint density at radius 3 is 2.81 bits per heavy atom. The lowest BCUT2D eigenvalue weighted by molar-refractivity contribution is 0.575. The first-order valence-electron chi connectivity index (χ1n) is 5.27. The highest BCUT2D eigenvalue weighted by Crippen LogP contribution is 2.06. The summed E-state index contributed by atoms with van der Waals surface area (Å²) < 4.78 is 25.7. The average Bonchev–Trinajstić information content (AvgIpc) is 2.75. The first-order chi connectivity index (χ1) is 7.64. The van der Waals surface area contributed by atoms with E-state index >= 15 is 0 Å². The fraction of sp³-hybridized carbons (Fsp3) is 0.600. The molecule has 4 nitrogen and oxygen atoms in total. The topological polar surface area (TPSA) is 58.2 Å². The van der Waals surface area contributed by atoms with Gasteiger partial charge in [0.15, 0.2) is 0 Å². The van der Waals surface area contributed by atoms with Gasteiger partial charge in [-0.2, -0.15) is 11.3 Å². The highest BCUT2D eigenvalue weighted by atomic mass is 32.2. The standard InChI is InChI=1S/C10H18N2O2S2/c1-11-5-2-3-7-16(13,14)12-8-10-4-6-15-9-10/h4,6,9,11-12H,2-3,5,7-8H2,1H3. The highest BCUT2D eigenvalue weighted by molar-refractivity contribution is 7.89. The molecule has 2 N–H and O–H groups in total. The zero-order valence-electron chi connectivity index (χ0n) is 9.40. The Hall–Kier alpha value is -0.430. The van der Waals surface area contributed by atoms with Gasteiger partial charge >= 0.3 is 0 Å². The number of rotatable bonds is 8. The second-order valence-corrected chi connectivity index (χ2v) is 6.29. The zero-order valence-corrected chi connectivity index (χ0v) is 11.0. The van der Waals surface area contributed by atoms with Gasteiger partial charge in [0, 0.05) is 6.54 Å². The van der Waals surface area contributed by atoms with Crippen LogP contribution in [0.15, 0.2) is 16.8 Å². The number of sulfonamides is 1. The lowest BCUT2D eigenvalue weighted by Gasteiger charge is -2.05. The van der Waals surface area contributed by atoms with E-state index in [1.807, 2.05) is 23.9 Å². The third kappa shape index (κ3) is 5.60. The molecule has 0 aliphatic carbocycles. The van der Waals surface area contributed by atoms with Crippen molar-refractivity contribution in [3.05, 3.63) is 22.4 Å². The molecule has 0 aliphatic heterocycles. The molecule has 0 spiro atoms. The summed E-state index contributed by atoms with van der Waals surface area (Å²) in [6.07, 6.45) is 1.58. The maximum atomic E-state index is 11.6. The first-order valence-corrected chi connectivity index (χ1v) is 7.86. The summed E-state index contributed by atoms with van der Waals surface area (Å²) in [6.45, 7) is 1.26. The Balaban J connectivity index is 2.23. The third-order valence-corrected chi connectivity index (χ3v) is 4.31. The smallest absolute Gasteiger partial charge is 0.211 e. The predicted octanol–water partition coefficient (Wildman–Crippen LogP) is 1.17. The van der Waals surface area contributed by atoms with E-state index in [1.165, 1.54) is 0 Å². The molecule has 1 heterocycles. The molecule has 0 radical (unpaired) electrons. The molecular formula is C10H18N2O2S2. The molecule has 0 saturated heterocycles. The first kappa shape index (κ1) is 13.6. The van der Waals surface area contributed by atoms with Gasteiger partial charge in [-0.1, -0.05) is 0 Å². The Morgan fingerprint density at radius 1 is 1.38 bits per heavy atom. The van der Waals surface area contributed by atoms with E-state index in [0.717, 1.165) is 18.5 Å². The molecule has 0 amide bonds. The second kappa shape index (κ2) is 7.01. The number of hydrogen-bond donors (Lipinski definition) is 2. The Morgan fingerprint density at radius 2 is 2.19 bits per heavy atom. The normalized spacial score (nSPS) is 11.8. The lowest BCUT2D eigenvalue weighted by Crippen LogP contribution is -2.26. The molecule has 1 aromatic rings. The van der Waals surface area contributed by atoms with Crippen molar-refractivity contribution in [1.82, 2.24) is 10.0 Å². The number of unbranched alkanes of at least 4 members (excludes halogenated alkanes) is 1. The summed E-state index contributed by atoms with van der Waals surface area (Å²) >= 11 is 1.57. The van der Waals surface area contributed by atoms with Gasteiger partial charge < -0.3 is 5.32 Å². The van der Waals surface area contributed by atoms with Crippen molar-refractivity contribution in [2.24, 2.45) is 0 Å². The Labute approximate surface area is 101 Å². The van der Waals surface area contributed by atoms with Crippen LogP contribution < -0.4 is 10.0 Å². The number of thiophene rings is 1. The lowest BCUT2D eigenvalue weighted by atomic mass is 10.3.